The predicted octanol–water partition coefficient (Wildman–Crippen LogP) is 2.41. The van der Waals surface area contributed by atoms with E-state index in [0.29, 0.717) is 17.8 Å². The number of piperidine rings is 1. The highest BCUT2D eigenvalue weighted by Gasteiger charge is 2.21. The fourth-order valence-corrected chi connectivity index (χ4v) is 2.97. The number of guanidine groups is 1. The van der Waals surface area contributed by atoms with E-state index < -0.39 is 0 Å². The van der Waals surface area contributed by atoms with Gasteiger partial charge in [-0.25, -0.2) is 0 Å². The summed E-state index contributed by atoms with van der Waals surface area (Å²) < 4.78 is 16.1. The molecular formula is C18H34IN5O3. The SMILES string of the molecule is CCNC(=NCCCc1nc(C)no1)N1CCC(OCCCOC)CC1.I. The number of aliphatic imine (C=N–C) groups is 1. The van der Waals surface area contributed by atoms with Gasteiger partial charge in [0.2, 0.25) is 5.89 Å². The summed E-state index contributed by atoms with van der Waals surface area (Å²) in [5.41, 5.74) is 0. The van der Waals surface area contributed by atoms with Crippen LogP contribution in [0.2, 0.25) is 0 Å². The summed E-state index contributed by atoms with van der Waals surface area (Å²) in [5.74, 6) is 2.37. The molecule has 1 aromatic rings. The first kappa shape index (κ1) is 24.1. The van der Waals surface area contributed by atoms with Crippen molar-refractivity contribution < 1.29 is 14.0 Å². The molecule has 1 N–H and O–H groups in total. The average molecular weight is 495 g/mol. The Morgan fingerprint density at radius 2 is 2.07 bits per heavy atom. The maximum absolute atomic E-state index is 5.93. The van der Waals surface area contributed by atoms with Crippen molar-refractivity contribution >= 4 is 29.9 Å². The number of hydrogen-bond acceptors (Lipinski definition) is 6. The van der Waals surface area contributed by atoms with E-state index in [9.17, 15) is 0 Å². The van der Waals surface area contributed by atoms with Crippen molar-refractivity contribution in [3.63, 3.8) is 0 Å². The fraction of sp³-hybridized carbons (Fsp3) is 0.833. The van der Waals surface area contributed by atoms with Crippen molar-refractivity contribution in [2.24, 2.45) is 4.99 Å². The van der Waals surface area contributed by atoms with Gasteiger partial charge < -0.3 is 24.2 Å². The van der Waals surface area contributed by atoms with E-state index in [-0.39, 0.29) is 24.0 Å². The zero-order valence-electron chi connectivity index (χ0n) is 16.8. The zero-order valence-corrected chi connectivity index (χ0v) is 19.1. The lowest BCUT2D eigenvalue weighted by Gasteiger charge is -2.34. The molecule has 1 aliphatic heterocycles. The molecule has 1 saturated heterocycles. The van der Waals surface area contributed by atoms with Gasteiger partial charge in [0.05, 0.1) is 6.10 Å². The molecule has 9 heteroatoms. The van der Waals surface area contributed by atoms with Gasteiger partial charge in [-0.15, -0.1) is 24.0 Å². The van der Waals surface area contributed by atoms with Crippen LogP contribution in [0.4, 0.5) is 0 Å². The molecule has 0 radical (unpaired) electrons. The van der Waals surface area contributed by atoms with Crippen LogP contribution in [0.1, 0.15) is 44.3 Å². The number of rotatable bonds is 10. The molecule has 0 amide bonds. The summed E-state index contributed by atoms with van der Waals surface area (Å²) in [6, 6.07) is 0. The Balaban J connectivity index is 0.00000364. The largest absolute Gasteiger partial charge is 0.385 e. The van der Waals surface area contributed by atoms with Gasteiger partial charge in [0.15, 0.2) is 11.8 Å². The summed E-state index contributed by atoms with van der Waals surface area (Å²) in [6.07, 6.45) is 5.06. The van der Waals surface area contributed by atoms with Gasteiger partial charge in [0, 0.05) is 52.9 Å². The highest BCUT2D eigenvalue weighted by Crippen LogP contribution is 2.14. The van der Waals surface area contributed by atoms with Crippen molar-refractivity contribution in [2.75, 3.05) is 46.5 Å². The Bertz CT molecular complexity index is 533. The second-order valence-electron chi connectivity index (χ2n) is 6.48. The van der Waals surface area contributed by atoms with Crippen LogP contribution < -0.4 is 5.32 Å². The summed E-state index contributed by atoms with van der Waals surface area (Å²) in [7, 11) is 1.73. The number of methoxy groups -OCH3 is 1. The Labute approximate surface area is 179 Å². The maximum Gasteiger partial charge on any atom is 0.226 e. The number of nitrogens with zero attached hydrogens (tertiary/aromatic N) is 4. The highest BCUT2D eigenvalue weighted by atomic mass is 127. The van der Waals surface area contributed by atoms with Gasteiger partial charge >= 0.3 is 0 Å². The Morgan fingerprint density at radius 3 is 2.70 bits per heavy atom. The van der Waals surface area contributed by atoms with Crippen molar-refractivity contribution in [3.05, 3.63) is 11.7 Å². The zero-order chi connectivity index (χ0) is 18.6. The Kier molecular flexibility index (Phi) is 12.6. The lowest BCUT2D eigenvalue weighted by atomic mass is 10.1. The quantitative estimate of drug-likeness (QED) is 0.231. The number of likely N-dealkylation sites (tertiary alicyclic amines) is 1. The third kappa shape index (κ3) is 9.20. The van der Waals surface area contributed by atoms with Crippen LogP contribution in [-0.4, -0.2) is 73.6 Å². The lowest BCUT2D eigenvalue weighted by molar-refractivity contribution is 0.00990. The smallest absolute Gasteiger partial charge is 0.226 e. The minimum atomic E-state index is 0. The van der Waals surface area contributed by atoms with Crippen molar-refractivity contribution in [1.29, 1.82) is 0 Å². The second kappa shape index (κ2) is 14.1. The van der Waals surface area contributed by atoms with Crippen LogP contribution >= 0.6 is 24.0 Å². The first-order chi connectivity index (χ1) is 12.7. The molecule has 27 heavy (non-hydrogen) atoms. The molecule has 0 aromatic carbocycles. The minimum Gasteiger partial charge on any atom is -0.385 e. The normalized spacial score (nSPS) is 15.7. The third-order valence-electron chi connectivity index (χ3n) is 4.30. The van der Waals surface area contributed by atoms with Gasteiger partial charge in [0.1, 0.15) is 0 Å². The molecular weight excluding hydrogens is 461 g/mol. The molecule has 0 atom stereocenters. The van der Waals surface area contributed by atoms with Gasteiger partial charge in [-0.2, -0.15) is 4.98 Å². The molecule has 0 spiro atoms. The van der Waals surface area contributed by atoms with Crippen LogP contribution in [0.5, 0.6) is 0 Å². The second-order valence-corrected chi connectivity index (χ2v) is 6.48. The van der Waals surface area contributed by atoms with Gasteiger partial charge in [-0.05, 0) is 39.5 Å². The van der Waals surface area contributed by atoms with E-state index in [2.05, 4.69) is 27.3 Å². The van der Waals surface area contributed by atoms with Crippen molar-refractivity contribution in [1.82, 2.24) is 20.4 Å². The molecule has 2 rings (SSSR count). The van der Waals surface area contributed by atoms with Gasteiger partial charge in [-0.3, -0.25) is 4.99 Å². The molecule has 1 aliphatic rings. The third-order valence-corrected chi connectivity index (χ3v) is 4.30. The number of aromatic nitrogens is 2. The molecule has 2 heterocycles. The number of nitrogens with one attached hydrogen (secondary N) is 1. The van der Waals surface area contributed by atoms with Crippen molar-refractivity contribution in [3.8, 4) is 0 Å². The molecule has 0 unspecified atom stereocenters. The van der Waals surface area contributed by atoms with Crippen LogP contribution in [0.25, 0.3) is 0 Å². The summed E-state index contributed by atoms with van der Waals surface area (Å²) in [5, 5.41) is 7.21. The van der Waals surface area contributed by atoms with E-state index in [4.69, 9.17) is 19.0 Å². The summed E-state index contributed by atoms with van der Waals surface area (Å²) >= 11 is 0. The standard InChI is InChI=1S/C18H33N5O3.HI/c1-4-19-18(20-10-5-7-17-21-15(2)22-26-17)23-11-8-16(9-12-23)25-14-6-13-24-3;/h16H,4-14H2,1-3H3,(H,19,20);1H. The predicted molar refractivity (Wildman–Crippen MR) is 116 cm³/mol. The average Bonchev–Trinajstić information content (AvgIpc) is 3.07. The molecule has 8 nitrogen and oxygen atoms in total. The van der Waals surface area contributed by atoms with Crippen LogP contribution in [-0.2, 0) is 15.9 Å². The number of hydrogen-bond donors (Lipinski definition) is 1. The first-order valence-electron chi connectivity index (χ1n) is 9.66. The monoisotopic (exact) mass is 495 g/mol. The molecule has 0 saturated carbocycles. The van der Waals surface area contributed by atoms with E-state index in [1.165, 1.54) is 0 Å². The van der Waals surface area contributed by atoms with E-state index >= 15 is 0 Å². The highest BCUT2D eigenvalue weighted by molar-refractivity contribution is 14.0. The number of ether oxygens (including phenoxy) is 2. The fourth-order valence-electron chi connectivity index (χ4n) is 2.97. The molecule has 0 aliphatic carbocycles. The van der Waals surface area contributed by atoms with Gasteiger partial charge in [0.25, 0.3) is 0 Å². The van der Waals surface area contributed by atoms with Crippen LogP contribution in [0, 0.1) is 6.92 Å². The van der Waals surface area contributed by atoms with Gasteiger partial charge in [-0.1, -0.05) is 5.16 Å². The van der Waals surface area contributed by atoms with E-state index in [1.54, 1.807) is 7.11 Å². The molecule has 1 aromatic heterocycles. The topological polar surface area (TPSA) is 85.0 Å². The number of halogens is 1. The molecule has 156 valence electrons. The molecule has 1 fully saturated rings. The summed E-state index contributed by atoms with van der Waals surface area (Å²) in [4.78, 5) is 11.3. The number of aryl methyl sites for hydroxylation is 2. The molecule has 0 bridgehead atoms. The van der Waals surface area contributed by atoms with E-state index in [0.717, 1.165) is 77.5 Å². The van der Waals surface area contributed by atoms with Crippen LogP contribution in [0.3, 0.4) is 0 Å². The lowest BCUT2D eigenvalue weighted by Crippen LogP contribution is -2.47. The Morgan fingerprint density at radius 1 is 1.30 bits per heavy atom. The van der Waals surface area contributed by atoms with Crippen molar-refractivity contribution in [2.45, 2.75) is 52.1 Å². The van der Waals surface area contributed by atoms with E-state index in [1.807, 2.05) is 6.92 Å². The first-order valence-corrected chi connectivity index (χ1v) is 9.66. The Hall–Kier alpha value is -0.940. The minimum absolute atomic E-state index is 0. The van der Waals surface area contributed by atoms with Crippen LogP contribution in [0.15, 0.2) is 9.52 Å². The maximum atomic E-state index is 5.93. The summed E-state index contributed by atoms with van der Waals surface area (Å²) in [6.45, 7) is 9.04.